The summed E-state index contributed by atoms with van der Waals surface area (Å²) < 4.78 is 18.6. The summed E-state index contributed by atoms with van der Waals surface area (Å²) >= 11 is 0. The maximum Gasteiger partial charge on any atom is 0.322 e. The van der Waals surface area contributed by atoms with Gasteiger partial charge in [-0.1, -0.05) is 44.2 Å². The summed E-state index contributed by atoms with van der Waals surface area (Å²) in [5.41, 5.74) is -1.56. The molecule has 6 heterocycles. The molecule has 3 aromatic rings. The second kappa shape index (κ2) is 14.3. The average Bonchev–Trinajstić information content (AvgIpc) is 3.90. The van der Waals surface area contributed by atoms with Crippen LogP contribution in [0.4, 0.5) is 5.69 Å². The number of fused-ring (bicyclic) bond motifs is 6. The van der Waals surface area contributed by atoms with Crippen LogP contribution in [0.3, 0.4) is 0 Å². The minimum atomic E-state index is -2.19. The number of nitrogens with one attached hydrogen (secondary N) is 2. The molecule has 60 heavy (non-hydrogen) atoms. The van der Waals surface area contributed by atoms with Crippen molar-refractivity contribution in [2.45, 2.75) is 100 Å². The fraction of sp³-hybridized carbons (Fsp3) is 0.574. The molecule has 6 aliphatic rings. The number of carbonyl (C=O) groups excluding carboxylic acids is 3. The largest absolute Gasteiger partial charge is 0.496 e. The lowest BCUT2D eigenvalue weighted by Crippen LogP contribution is -2.82. The molecule has 1 aliphatic carbocycles. The molecule has 2 saturated heterocycles. The lowest BCUT2D eigenvalue weighted by Gasteiger charge is -2.63. The number of esters is 2. The summed E-state index contributed by atoms with van der Waals surface area (Å²) in [5, 5.41) is 29.4. The number of anilines is 1. The molecule has 5 unspecified atom stereocenters. The minimum absolute atomic E-state index is 0.216. The zero-order valence-electron chi connectivity index (χ0n) is 36.0. The number of benzene rings is 2. The van der Waals surface area contributed by atoms with Crippen LogP contribution in [0.1, 0.15) is 75.8 Å². The van der Waals surface area contributed by atoms with Crippen molar-refractivity contribution in [3.05, 3.63) is 77.4 Å². The van der Waals surface area contributed by atoms with Gasteiger partial charge < -0.3 is 39.6 Å². The van der Waals surface area contributed by atoms with Crippen molar-refractivity contribution >= 4 is 34.4 Å². The maximum atomic E-state index is 15.3. The number of likely N-dealkylation sites (N-methyl/N-ethyl adjacent to an activating group) is 2. The zero-order chi connectivity index (χ0) is 42.6. The second-order valence-corrected chi connectivity index (χ2v) is 18.3. The number of piperidine rings is 1. The standard InChI is InChI=1S/C47H60N5O8/c1-8-43(56)24-29-25-46(42(55)59-7,37-31(16-20-51(26-29)27-43)30-14-11-12-15-34(30)49-37)33-22-32-35(23-36(33)58-6)50(5)39-45(32)18-21-52-19-13-17-44(9-2,38(45)52)40(60-28(4)53)47(39,57)41(54)48-10-3/h11-15,17,22-24,29,38-40,49,56-57H,8-10,16,18-21,25-27H2,1-7H3,(H,48,54)/t29?,38?,39?,40-,43+,44-,45?,46+,47+/m1/s1. The smallest absolute Gasteiger partial charge is 0.322 e. The molecule has 2 aromatic carbocycles. The SMILES string of the molecule is CCNC(=O)[C@]1(O)C2N(C)c3cc(OC)c([C@@]4(C(=O)OC)CC5[CH][C@@](O)(CC)CN(CCc6c4[nH]c4ccccc64)C5)cc3C23CCN2CC=C[C@](CC)(C23)[C@H]1OC(C)=O. The lowest BCUT2D eigenvalue weighted by atomic mass is 9.47. The van der Waals surface area contributed by atoms with E-state index in [4.69, 9.17) is 14.2 Å². The Balaban J connectivity index is 1.36. The highest BCUT2D eigenvalue weighted by molar-refractivity contribution is 5.95. The number of hydrogen-bond donors (Lipinski definition) is 4. The van der Waals surface area contributed by atoms with Gasteiger partial charge in [0.25, 0.3) is 5.91 Å². The molecule has 1 radical (unpaired) electrons. The third kappa shape index (κ3) is 5.34. The van der Waals surface area contributed by atoms with Crippen molar-refractivity contribution in [1.29, 1.82) is 0 Å². The van der Waals surface area contributed by atoms with Gasteiger partial charge in [-0.3, -0.25) is 24.2 Å². The molecule has 321 valence electrons. The Morgan fingerprint density at radius 2 is 1.80 bits per heavy atom. The first-order valence-corrected chi connectivity index (χ1v) is 21.8. The molecule has 13 heteroatoms. The highest BCUT2D eigenvalue weighted by Crippen LogP contribution is 2.68. The average molecular weight is 823 g/mol. The van der Waals surface area contributed by atoms with Crippen molar-refractivity contribution in [2.75, 3.05) is 65.4 Å². The summed E-state index contributed by atoms with van der Waals surface area (Å²) in [6.45, 7) is 10.6. The van der Waals surface area contributed by atoms with Crippen molar-refractivity contribution < 1.29 is 38.8 Å². The number of aromatic nitrogens is 1. The highest BCUT2D eigenvalue weighted by atomic mass is 16.6. The van der Waals surface area contributed by atoms with Crippen LogP contribution in [0, 0.1) is 17.8 Å². The summed E-state index contributed by atoms with van der Waals surface area (Å²) in [6.07, 6.45) is 7.54. The van der Waals surface area contributed by atoms with Gasteiger partial charge in [-0.25, -0.2) is 0 Å². The number of amides is 1. The molecule has 5 aliphatic heterocycles. The number of nitrogens with zero attached hydrogens (tertiary/aromatic N) is 3. The molecule has 1 saturated carbocycles. The van der Waals surface area contributed by atoms with E-state index in [0.29, 0.717) is 69.7 Å². The van der Waals surface area contributed by atoms with Crippen LogP contribution in [0.5, 0.6) is 5.75 Å². The Bertz CT molecular complexity index is 2280. The number of H-pyrrole nitrogens is 1. The number of para-hydroxylation sites is 1. The quantitative estimate of drug-likeness (QED) is 0.194. The molecule has 1 amide bonds. The Kier molecular flexibility index (Phi) is 9.77. The van der Waals surface area contributed by atoms with Crippen LogP contribution in [-0.4, -0.2) is 133 Å². The number of aliphatic hydroxyl groups is 2. The summed E-state index contributed by atoms with van der Waals surface area (Å²) in [6, 6.07) is 11.1. The third-order valence-electron chi connectivity index (χ3n) is 15.5. The lowest BCUT2D eigenvalue weighted by molar-refractivity contribution is -0.217. The van der Waals surface area contributed by atoms with Crippen LogP contribution in [0.15, 0.2) is 48.6 Å². The van der Waals surface area contributed by atoms with Crippen LogP contribution >= 0.6 is 0 Å². The Hall–Kier alpha value is -4.43. The number of rotatable bonds is 8. The van der Waals surface area contributed by atoms with Gasteiger partial charge >= 0.3 is 11.9 Å². The van der Waals surface area contributed by atoms with Crippen molar-refractivity contribution in [1.82, 2.24) is 20.1 Å². The fourth-order valence-electron chi connectivity index (χ4n) is 13.4. The van der Waals surface area contributed by atoms with E-state index < -0.39 is 57.4 Å². The van der Waals surface area contributed by atoms with Gasteiger partial charge in [0.05, 0.1) is 25.9 Å². The fourth-order valence-corrected chi connectivity index (χ4v) is 13.4. The van der Waals surface area contributed by atoms with Crippen LogP contribution in [0.2, 0.25) is 0 Å². The number of ether oxygens (including phenoxy) is 3. The van der Waals surface area contributed by atoms with E-state index in [1.54, 1.807) is 7.11 Å². The second-order valence-electron chi connectivity index (χ2n) is 18.3. The van der Waals surface area contributed by atoms with E-state index in [2.05, 4.69) is 44.4 Å². The molecular weight excluding hydrogens is 763 g/mol. The molecule has 13 nitrogen and oxygen atoms in total. The van der Waals surface area contributed by atoms with Crippen LogP contribution < -0.4 is 15.0 Å². The van der Waals surface area contributed by atoms with E-state index in [1.807, 2.05) is 63.4 Å². The van der Waals surface area contributed by atoms with Gasteiger partial charge in [0, 0.05) is 97.5 Å². The topological polar surface area (TPSA) is 157 Å². The monoisotopic (exact) mass is 822 g/mol. The van der Waals surface area contributed by atoms with E-state index >= 15 is 4.79 Å². The van der Waals surface area contributed by atoms with Gasteiger partial charge in [0.1, 0.15) is 11.2 Å². The predicted molar refractivity (Wildman–Crippen MR) is 227 cm³/mol. The molecule has 1 aromatic heterocycles. The van der Waals surface area contributed by atoms with Crippen molar-refractivity contribution in [3.63, 3.8) is 0 Å². The molecular formula is C47H60N5O8. The van der Waals surface area contributed by atoms with Crippen molar-refractivity contribution in [2.24, 2.45) is 11.3 Å². The van der Waals surface area contributed by atoms with E-state index in [1.165, 1.54) is 14.0 Å². The first-order valence-electron chi connectivity index (χ1n) is 21.8. The number of hydrogen-bond acceptors (Lipinski definition) is 11. The Labute approximate surface area is 352 Å². The van der Waals surface area contributed by atoms with Crippen molar-refractivity contribution in [3.8, 4) is 5.75 Å². The normalized spacial score (nSPS) is 36.5. The molecule has 10 atom stereocenters. The summed E-state index contributed by atoms with van der Waals surface area (Å²) in [4.78, 5) is 53.7. The summed E-state index contributed by atoms with van der Waals surface area (Å²) in [5.74, 6) is -1.37. The van der Waals surface area contributed by atoms with Crippen LogP contribution in [-0.2, 0) is 41.1 Å². The maximum absolute atomic E-state index is 15.3. The highest BCUT2D eigenvalue weighted by Gasteiger charge is 2.80. The zero-order valence-corrected chi connectivity index (χ0v) is 36.0. The molecule has 4 N–H and O–H groups in total. The molecule has 1 spiro atoms. The van der Waals surface area contributed by atoms with Gasteiger partial charge in [-0.15, -0.1) is 0 Å². The van der Waals surface area contributed by atoms with E-state index in [9.17, 15) is 19.8 Å². The van der Waals surface area contributed by atoms with Gasteiger partial charge in [0.2, 0.25) is 5.60 Å². The molecule has 9 rings (SSSR count). The number of carbonyl (C=O) groups is 3. The Morgan fingerprint density at radius 3 is 2.50 bits per heavy atom. The number of aromatic amines is 1. The molecule has 3 fully saturated rings. The first-order chi connectivity index (χ1) is 28.7. The van der Waals surface area contributed by atoms with E-state index in [0.717, 1.165) is 33.4 Å². The van der Waals surface area contributed by atoms with Gasteiger partial charge in [-0.05, 0) is 81.2 Å². The van der Waals surface area contributed by atoms with E-state index in [-0.39, 0.29) is 24.9 Å². The number of methoxy groups -OCH3 is 2. The van der Waals surface area contributed by atoms with Gasteiger partial charge in [-0.2, -0.15) is 0 Å². The molecule has 2 bridgehead atoms. The first kappa shape index (κ1) is 40.9. The summed E-state index contributed by atoms with van der Waals surface area (Å²) in [7, 11) is 4.94. The van der Waals surface area contributed by atoms with Gasteiger partial charge in [0.15, 0.2) is 6.10 Å². The third-order valence-corrected chi connectivity index (χ3v) is 15.5. The Morgan fingerprint density at radius 1 is 1.02 bits per heavy atom. The minimum Gasteiger partial charge on any atom is -0.496 e. The van der Waals surface area contributed by atoms with Crippen LogP contribution in [0.25, 0.3) is 10.9 Å². The predicted octanol–water partition coefficient (Wildman–Crippen LogP) is 3.77.